The second kappa shape index (κ2) is 5.85. The summed E-state index contributed by atoms with van der Waals surface area (Å²) in [7, 11) is 0. The number of aromatic nitrogens is 2. The van der Waals surface area contributed by atoms with Crippen LogP contribution in [0.3, 0.4) is 0 Å². The summed E-state index contributed by atoms with van der Waals surface area (Å²) < 4.78 is 1.86. The molecule has 0 aliphatic carbocycles. The van der Waals surface area contributed by atoms with E-state index >= 15 is 0 Å². The first-order valence-electron chi connectivity index (χ1n) is 6.64. The lowest BCUT2D eigenvalue weighted by atomic mass is 9.99. The van der Waals surface area contributed by atoms with Crippen LogP contribution in [-0.2, 0) is 24.2 Å². The molecule has 100 valence electrons. The molecule has 1 N–H and O–H groups in total. The maximum absolute atomic E-state index is 12.2. The molecule has 4 nitrogen and oxygen atoms in total. The number of hydrogen-bond acceptors (Lipinski definition) is 3. The molecule has 1 fully saturated rings. The molecule has 1 atom stereocenters. The minimum Gasteiger partial charge on any atom is -0.316 e. The highest BCUT2D eigenvalue weighted by Gasteiger charge is 2.25. The van der Waals surface area contributed by atoms with Gasteiger partial charge in [-0.3, -0.25) is 9.48 Å². The molecule has 2 rings (SSSR count). The van der Waals surface area contributed by atoms with Crippen molar-refractivity contribution >= 4 is 17.4 Å². The van der Waals surface area contributed by atoms with Gasteiger partial charge in [-0.15, -0.1) is 0 Å². The Morgan fingerprint density at radius 2 is 2.33 bits per heavy atom. The molecule has 0 radical (unpaired) electrons. The summed E-state index contributed by atoms with van der Waals surface area (Å²) >= 11 is 6.31. The average molecular weight is 270 g/mol. The van der Waals surface area contributed by atoms with Gasteiger partial charge in [0.1, 0.15) is 5.78 Å². The van der Waals surface area contributed by atoms with Crippen molar-refractivity contribution in [1.82, 2.24) is 15.1 Å². The molecular formula is C13H20ClN3O. The Labute approximate surface area is 113 Å². The highest BCUT2D eigenvalue weighted by molar-refractivity contribution is 6.32. The van der Waals surface area contributed by atoms with Crippen LogP contribution in [0, 0.1) is 5.92 Å². The molecule has 2 heterocycles. The van der Waals surface area contributed by atoms with E-state index in [0.717, 1.165) is 43.9 Å². The van der Waals surface area contributed by atoms with Gasteiger partial charge < -0.3 is 5.32 Å². The SMILES string of the molecule is CCc1nn(CC)c(CC(=O)C2CCNC2)c1Cl. The summed E-state index contributed by atoms with van der Waals surface area (Å²) in [6, 6.07) is 0. The Bertz CT molecular complexity index is 436. The van der Waals surface area contributed by atoms with Crippen molar-refractivity contribution in [3.05, 3.63) is 16.4 Å². The summed E-state index contributed by atoms with van der Waals surface area (Å²) in [4.78, 5) is 12.2. The normalized spacial score (nSPS) is 19.4. The number of Topliss-reactive ketones (excluding diaryl/α,β-unsaturated/α-hetero) is 1. The minimum absolute atomic E-state index is 0.145. The van der Waals surface area contributed by atoms with E-state index in [0.29, 0.717) is 11.4 Å². The topological polar surface area (TPSA) is 46.9 Å². The first kappa shape index (κ1) is 13.6. The molecule has 1 aromatic heterocycles. The summed E-state index contributed by atoms with van der Waals surface area (Å²) in [5.74, 6) is 0.422. The van der Waals surface area contributed by atoms with E-state index in [1.54, 1.807) is 0 Å². The number of aryl methyl sites for hydroxylation is 2. The van der Waals surface area contributed by atoms with Gasteiger partial charge in [-0.2, -0.15) is 5.10 Å². The molecule has 1 unspecified atom stereocenters. The largest absolute Gasteiger partial charge is 0.316 e. The van der Waals surface area contributed by atoms with Crippen LogP contribution in [0.2, 0.25) is 5.02 Å². The molecule has 5 heteroatoms. The van der Waals surface area contributed by atoms with Gasteiger partial charge in [0.25, 0.3) is 0 Å². The van der Waals surface area contributed by atoms with Crippen LogP contribution in [0.5, 0.6) is 0 Å². The first-order valence-corrected chi connectivity index (χ1v) is 7.02. The quantitative estimate of drug-likeness (QED) is 0.887. The predicted molar refractivity (Wildman–Crippen MR) is 72.0 cm³/mol. The zero-order chi connectivity index (χ0) is 13.1. The fraction of sp³-hybridized carbons (Fsp3) is 0.692. The summed E-state index contributed by atoms with van der Waals surface area (Å²) in [5, 5.41) is 8.34. The number of nitrogens with zero attached hydrogens (tertiary/aromatic N) is 2. The van der Waals surface area contributed by atoms with Crippen molar-refractivity contribution in [3.63, 3.8) is 0 Å². The summed E-state index contributed by atoms with van der Waals surface area (Å²) in [5.41, 5.74) is 1.78. The van der Waals surface area contributed by atoms with Crippen molar-refractivity contribution in [2.24, 2.45) is 5.92 Å². The minimum atomic E-state index is 0.145. The van der Waals surface area contributed by atoms with Gasteiger partial charge in [0.05, 0.1) is 22.8 Å². The maximum atomic E-state index is 12.2. The van der Waals surface area contributed by atoms with E-state index < -0.39 is 0 Å². The molecule has 0 aromatic carbocycles. The number of carbonyl (C=O) groups is 1. The Morgan fingerprint density at radius 3 is 2.89 bits per heavy atom. The van der Waals surface area contributed by atoms with Crippen LogP contribution in [0.15, 0.2) is 0 Å². The lowest BCUT2D eigenvalue weighted by molar-refractivity contribution is -0.121. The first-order chi connectivity index (χ1) is 8.67. The average Bonchev–Trinajstić information content (AvgIpc) is 2.99. The molecule has 0 amide bonds. The number of carbonyl (C=O) groups excluding carboxylic acids is 1. The van der Waals surface area contributed by atoms with E-state index in [2.05, 4.69) is 10.4 Å². The number of rotatable bonds is 5. The zero-order valence-corrected chi connectivity index (χ0v) is 11.8. The van der Waals surface area contributed by atoms with Gasteiger partial charge in [0.15, 0.2) is 0 Å². The van der Waals surface area contributed by atoms with Crippen LogP contribution < -0.4 is 5.32 Å². The second-order valence-electron chi connectivity index (χ2n) is 4.71. The molecule has 18 heavy (non-hydrogen) atoms. The smallest absolute Gasteiger partial charge is 0.143 e. The summed E-state index contributed by atoms with van der Waals surface area (Å²) in [6.07, 6.45) is 2.15. The van der Waals surface area contributed by atoms with Crippen molar-refractivity contribution < 1.29 is 4.79 Å². The Hall–Kier alpha value is -0.870. The van der Waals surface area contributed by atoms with Crippen molar-refractivity contribution in [2.75, 3.05) is 13.1 Å². The molecular weight excluding hydrogens is 250 g/mol. The standard InChI is InChI=1S/C13H20ClN3O/c1-3-10-13(14)11(17(4-2)16-10)7-12(18)9-5-6-15-8-9/h9,15H,3-8H2,1-2H3. The highest BCUT2D eigenvalue weighted by atomic mass is 35.5. The number of nitrogens with one attached hydrogen (secondary N) is 1. The maximum Gasteiger partial charge on any atom is 0.143 e. The molecule has 0 bridgehead atoms. The monoisotopic (exact) mass is 269 g/mol. The van der Waals surface area contributed by atoms with Gasteiger partial charge in [-0.05, 0) is 26.3 Å². The van der Waals surface area contributed by atoms with Gasteiger partial charge in [-0.1, -0.05) is 18.5 Å². The van der Waals surface area contributed by atoms with Gasteiger partial charge >= 0.3 is 0 Å². The molecule has 1 saturated heterocycles. The van der Waals surface area contributed by atoms with E-state index in [1.807, 2.05) is 18.5 Å². The second-order valence-corrected chi connectivity index (χ2v) is 5.09. The lowest BCUT2D eigenvalue weighted by Gasteiger charge is -2.08. The van der Waals surface area contributed by atoms with Crippen LogP contribution in [0.25, 0.3) is 0 Å². The Morgan fingerprint density at radius 1 is 1.56 bits per heavy atom. The third-order valence-corrected chi connectivity index (χ3v) is 3.99. The highest BCUT2D eigenvalue weighted by Crippen LogP contribution is 2.24. The van der Waals surface area contributed by atoms with Crippen molar-refractivity contribution in [1.29, 1.82) is 0 Å². The fourth-order valence-corrected chi connectivity index (χ4v) is 2.76. The van der Waals surface area contributed by atoms with Crippen LogP contribution in [0.1, 0.15) is 31.7 Å². The van der Waals surface area contributed by atoms with Gasteiger partial charge in [0.2, 0.25) is 0 Å². The number of halogens is 1. The van der Waals surface area contributed by atoms with Gasteiger partial charge in [0, 0.05) is 19.0 Å². The Balaban J connectivity index is 2.16. The number of ketones is 1. The molecule has 0 spiro atoms. The van der Waals surface area contributed by atoms with Gasteiger partial charge in [-0.25, -0.2) is 0 Å². The molecule has 1 aromatic rings. The van der Waals surface area contributed by atoms with Crippen LogP contribution >= 0.6 is 11.6 Å². The molecule has 0 saturated carbocycles. The third-order valence-electron chi connectivity index (χ3n) is 3.55. The predicted octanol–water partition coefficient (Wildman–Crippen LogP) is 1.84. The third kappa shape index (κ3) is 2.59. The van der Waals surface area contributed by atoms with Crippen LogP contribution in [-0.4, -0.2) is 28.7 Å². The van der Waals surface area contributed by atoms with Crippen molar-refractivity contribution in [3.8, 4) is 0 Å². The van der Waals surface area contributed by atoms with Crippen molar-refractivity contribution in [2.45, 2.75) is 39.7 Å². The van der Waals surface area contributed by atoms with E-state index in [9.17, 15) is 4.79 Å². The fourth-order valence-electron chi connectivity index (χ4n) is 2.43. The van der Waals surface area contributed by atoms with E-state index in [-0.39, 0.29) is 11.7 Å². The van der Waals surface area contributed by atoms with E-state index in [4.69, 9.17) is 11.6 Å². The molecule has 1 aliphatic heterocycles. The number of hydrogen-bond donors (Lipinski definition) is 1. The Kier molecular flexibility index (Phi) is 4.40. The summed E-state index contributed by atoms with van der Waals surface area (Å²) in [6.45, 7) is 6.55. The van der Waals surface area contributed by atoms with E-state index in [1.165, 1.54) is 0 Å². The molecule has 1 aliphatic rings. The zero-order valence-electron chi connectivity index (χ0n) is 11.0. The van der Waals surface area contributed by atoms with Crippen LogP contribution in [0.4, 0.5) is 0 Å². The lowest BCUT2D eigenvalue weighted by Crippen LogP contribution is -2.21.